The average molecular weight is 364 g/mol. The minimum Gasteiger partial charge on any atom is -0.454 e. The van der Waals surface area contributed by atoms with E-state index in [0.29, 0.717) is 24.5 Å². The van der Waals surface area contributed by atoms with Gasteiger partial charge in [-0.3, -0.25) is 0 Å². The molecular weight excluding hydrogens is 344 g/mol. The maximum atomic E-state index is 12.6. The number of aromatic nitrogens is 1. The SMILES string of the molecule is Cc1cc(COC(=O)c2ccc(S(=O)(=O)N3CCCCC3)cc2)on1. The van der Waals surface area contributed by atoms with Crippen molar-refractivity contribution in [3.05, 3.63) is 47.3 Å². The van der Waals surface area contributed by atoms with Crippen molar-refractivity contribution in [3.63, 3.8) is 0 Å². The molecule has 134 valence electrons. The summed E-state index contributed by atoms with van der Waals surface area (Å²) >= 11 is 0. The number of esters is 1. The third-order valence-corrected chi connectivity index (χ3v) is 5.98. The zero-order valence-corrected chi connectivity index (χ0v) is 14.8. The number of nitrogens with zero attached hydrogens (tertiary/aromatic N) is 2. The second kappa shape index (κ2) is 7.37. The zero-order chi connectivity index (χ0) is 17.9. The lowest BCUT2D eigenvalue weighted by molar-refractivity contribution is 0.0437. The first-order valence-corrected chi connectivity index (χ1v) is 9.60. The summed E-state index contributed by atoms with van der Waals surface area (Å²) in [7, 11) is -3.50. The van der Waals surface area contributed by atoms with Crippen LogP contribution in [0.25, 0.3) is 0 Å². The highest BCUT2D eigenvalue weighted by Crippen LogP contribution is 2.21. The summed E-state index contributed by atoms with van der Waals surface area (Å²) in [6, 6.07) is 7.50. The van der Waals surface area contributed by atoms with Gasteiger partial charge in [-0.1, -0.05) is 11.6 Å². The molecule has 0 amide bonds. The molecule has 0 aliphatic carbocycles. The number of rotatable bonds is 5. The monoisotopic (exact) mass is 364 g/mol. The van der Waals surface area contributed by atoms with Gasteiger partial charge in [-0.05, 0) is 44.0 Å². The summed E-state index contributed by atoms with van der Waals surface area (Å²) in [5.74, 6) is -0.0916. The second-order valence-electron chi connectivity index (χ2n) is 6.00. The van der Waals surface area contributed by atoms with Gasteiger partial charge >= 0.3 is 5.97 Å². The van der Waals surface area contributed by atoms with Gasteiger partial charge in [0.15, 0.2) is 12.4 Å². The number of hydrogen-bond acceptors (Lipinski definition) is 6. The third-order valence-electron chi connectivity index (χ3n) is 4.07. The van der Waals surface area contributed by atoms with Gasteiger partial charge in [0.25, 0.3) is 0 Å². The lowest BCUT2D eigenvalue weighted by Crippen LogP contribution is -2.35. The van der Waals surface area contributed by atoms with Gasteiger partial charge in [0.05, 0.1) is 16.2 Å². The molecule has 0 spiro atoms. The Morgan fingerprint density at radius 2 is 1.88 bits per heavy atom. The van der Waals surface area contributed by atoms with Crippen molar-refractivity contribution in [1.29, 1.82) is 0 Å². The van der Waals surface area contributed by atoms with Gasteiger partial charge < -0.3 is 9.26 Å². The smallest absolute Gasteiger partial charge is 0.338 e. The largest absolute Gasteiger partial charge is 0.454 e. The van der Waals surface area contributed by atoms with Crippen molar-refractivity contribution in [2.24, 2.45) is 0 Å². The van der Waals surface area contributed by atoms with E-state index in [1.54, 1.807) is 13.0 Å². The second-order valence-corrected chi connectivity index (χ2v) is 7.94. The topological polar surface area (TPSA) is 89.7 Å². The molecule has 2 aromatic rings. The molecule has 1 aromatic heterocycles. The molecule has 1 aliphatic rings. The lowest BCUT2D eigenvalue weighted by atomic mass is 10.2. The minimum atomic E-state index is -3.50. The van der Waals surface area contributed by atoms with Crippen molar-refractivity contribution in [2.75, 3.05) is 13.1 Å². The van der Waals surface area contributed by atoms with Gasteiger partial charge in [0.2, 0.25) is 10.0 Å². The van der Waals surface area contributed by atoms with Crippen LogP contribution >= 0.6 is 0 Å². The summed E-state index contributed by atoms with van der Waals surface area (Å²) < 4.78 is 36.7. The van der Waals surface area contributed by atoms with Crippen LogP contribution in [0.4, 0.5) is 0 Å². The molecule has 0 atom stereocenters. The van der Waals surface area contributed by atoms with E-state index >= 15 is 0 Å². The van der Waals surface area contributed by atoms with E-state index in [0.717, 1.165) is 19.3 Å². The molecule has 2 heterocycles. The number of benzene rings is 1. The number of hydrogen-bond donors (Lipinski definition) is 0. The summed E-state index contributed by atoms with van der Waals surface area (Å²) in [6.07, 6.45) is 2.82. The van der Waals surface area contributed by atoms with E-state index in [1.165, 1.54) is 28.6 Å². The van der Waals surface area contributed by atoms with Gasteiger partial charge in [-0.15, -0.1) is 0 Å². The highest BCUT2D eigenvalue weighted by atomic mass is 32.2. The zero-order valence-electron chi connectivity index (χ0n) is 14.0. The molecule has 1 fully saturated rings. The van der Waals surface area contributed by atoms with Crippen molar-refractivity contribution >= 4 is 16.0 Å². The number of piperidine rings is 1. The predicted molar refractivity (Wildman–Crippen MR) is 89.4 cm³/mol. The van der Waals surface area contributed by atoms with E-state index in [2.05, 4.69) is 5.16 Å². The standard InChI is InChI=1S/C17H20N2O5S/c1-13-11-15(24-18-13)12-23-17(20)14-5-7-16(8-6-14)25(21,22)19-9-3-2-4-10-19/h5-8,11H,2-4,9-10,12H2,1H3. The summed E-state index contributed by atoms with van der Waals surface area (Å²) in [5.41, 5.74) is 0.993. The summed E-state index contributed by atoms with van der Waals surface area (Å²) in [6.45, 7) is 2.84. The van der Waals surface area contributed by atoms with Crippen molar-refractivity contribution in [1.82, 2.24) is 9.46 Å². The van der Waals surface area contributed by atoms with Crippen LogP contribution in [-0.4, -0.2) is 36.9 Å². The summed E-state index contributed by atoms with van der Waals surface area (Å²) in [4.78, 5) is 12.2. The number of sulfonamides is 1. The maximum absolute atomic E-state index is 12.6. The van der Waals surface area contributed by atoms with E-state index < -0.39 is 16.0 Å². The molecule has 8 heteroatoms. The van der Waals surface area contributed by atoms with Crippen LogP contribution in [-0.2, 0) is 21.4 Å². The molecular formula is C17H20N2O5S. The Morgan fingerprint density at radius 3 is 2.48 bits per heavy atom. The fourth-order valence-electron chi connectivity index (χ4n) is 2.72. The minimum absolute atomic E-state index is 0.0203. The van der Waals surface area contributed by atoms with Gasteiger partial charge in [0, 0.05) is 19.2 Å². The van der Waals surface area contributed by atoms with Crippen LogP contribution in [0, 0.1) is 6.92 Å². The molecule has 3 rings (SSSR count). The van der Waals surface area contributed by atoms with Crippen LogP contribution in [0.15, 0.2) is 39.8 Å². The quantitative estimate of drug-likeness (QED) is 0.757. The fourth-order valence-corrected chi connectivity index (χ4v) is 4.24. The highest BCUT2D eigenvalue weighted by molar-refractivity contribution is 7.89. The molecule has 0 saturated carbocycles. The lowest BCUT2D eigenvalue weighted by Gasteiger charge is -2.25. The summed E-state index contributed by atoms with van der Waals surface area (Å²) in [5, 5.41) is 3.71. The Bertz CT molecular complexity index is 836. The van der Waals surface area contributed by atoms with Gasteiger partial charge in [0.1, 0.15) is 0 Å². The Kier molecular flexibility index (Phi) is 5.19. The first-order valence-electron chi connectivity index (χ1n) is 8.16. The number of ether oxygens (including phenoxy) is 1. The molecule has 0 radical (unpaired) electrons. The molecule has 0 unspecified atom stereocenters. The maximum Gasteiger partial charge on any atom is 0.338 e. The third kappa shape index (κ3) is 4.08. The van der Waals surface area contributed by atoms with Gasteiger partial charge in [-0.25, -0.2) is 13.2 Å². The normalized spacial score (nSPS) is 15.9. The predicted octanol–water partition coefficient (Wildman–Crippen LogP) is 2.51. The fraction of sp³-hybridized carbons (Fsp3) is 0.412. The first-order chi connectivity index (χ1) is 12.0. The van der Waals surface area contributed by atoms with Crippen molar-refractivity contribution in [3.8, 4) is 0 Å². The van der Waals surface area contributed by atoms with E-state index in [4.69, 9.17) is 9.26 Å². The Morgan fingerprint density at radius 1 is 1.20 bits per heavy atom. The Balaban J connectivity index is 1.65. The van der Waals surface area contributed by atoms with Crippen molar-refractivity contribution < 1.29 is 22.5 Å². The van der Waals surface area contributed by atoms with E-state index in [1.807, 2.05) is 0 Å². The molecule has 25 heavy (non-hydrogen) atoms. The van der Waals surface area contributed by atoms with Crippen LogP contribution in [0.5, 0.6) is 0 Å². The average Bonchev–Trinajstić information content (AvgIpc) is 3.06. The number of carbonyl (C=O) groups is 1. The number of aryl methyl sites for hydroxylation is 1. The van der Waals surface area contributed by atoms with Crippen LogP contribution < -0.4 is 0 Å². The van der Waals surface area contributed by atoms with Crippen LogP contribution in [0.1, 0.15) is 41.1 Å². The van der Waals surface area contributed by atoms with E-state index in [9.17, 15) is 13.2 Å². The molecule has 1 aromatic carbocycles. The molecule has 7 nitrogen and oxygen atoms in total. The van der Waals surface area contributed by atoms with Crippen LogP contribution in [0.2, 0.25) is 0 Å². The van der Waals surface area contributed by atoms with Gasteiger partial charge in [-0.2, -0.15) is 4.31 Å². The molecule has 0 bridgehead atoms. The van der Waals surface area contributed by atoms with Crippen LogP contribution in [0.3, 0.4) is 0 Å². The molecule has 1 aliphatic heterocycles. The van der Waals surface area contributed by atoms with E-state index in [-0.39, 0.29) is 17.1 Å². The molecule has 0 N–H and O–H groups in total. The number of carbonyl (C=O) groups excluding carboxylic acids is 1. The van der Waals surface area contributed by atoms with Crippen molar-refractivity contribution in [2.45, 2.75) is 37.7 Å². The first kappa shape index (κ1) is 17.6. The highest BCUT2D eigenvalue weighted by Gasteiger charge is 2.26. The Labute approximate surface area is 146 Å². The Hall–Kier alpha value is -2.19. The molecule has 1 saturated heterocycles.